The van der Waals surface area contributed by atoms with Gasteiger partial charge in [0.1, 0.15) is 0 Å². The third-order valence-corrected chi connectivity index (χ3v) is 4.86. The molecule has 27 heavy (non-hydrogen) atoms. The molecule has 0 amide bonds. The third kappa shape index (κ3) is 5.04. The topological polar surface area (TPSA) is 47.9 Å². The summed E-state index contributed by atoms with van der Waals surface area (Å²) in [6.07, 6.45) is 1.76. The second kappa shape index (κ2) is 9.47. The van der Waals surface area contributed by atoms with Crippen LogP contribution in [0.15, 0.2) is 65.7 Å². The number of hydrogen-bond donors (Lipinski definition) is 0. The number of carbonyl (C=O) groups excluding carboxylic acids is 1. The number of hydrogen-bond acceptors (Lipinski definition) is 4. The quantitative estimate of drug-likeness (QED) is 0.567. The van der Waals surface area contributed by atoms with Gasteiger partial charge in [-0.2, -0.15) is 0 Å². The SMILES string of the molecule is CCOC(=O)C(N=C(c1ccccc1)c1ccccc1)C1CCOC(C)C1. The lowest BCUT2D eigenvalue weighted by molar-refractivity contribution is -0.147. The fraction of sp³-hybridized carbons (Fsp3) is 0.391. The van der Waals surface area contributed by atoms with Crippen molar-refractivity contribution in [1.29, 1.82) is 0 Å². The zero-order valence-electron chi connectivity index (χ0n) is 16.0. The zero-order chi connectivity index (χ0) is 19.1. The molecule has 142 valence electrons. The zero-order valence-corrected chi connectivity index (χ0v) is 16.0. The van der Waals surface area contributed by atoms with Gasteiger partial charge in [0.2, 0.25) is 0 Å². The molecule has 0 aliphatic carbocycles. The minimum Gasteiger partial charge on any atom is -0.464 e. The van der Waals surface area contributed by atoms with E-state index in [0.29, 0.717) is 13.2 Å². The predicted molar refractivity (Wildman–Crippen MR) is 107 cm³/mol. The Morgan fingerprint density at radius 1 is 1.11 bits per heavy atom. The van der Waals surface area contributed by atoms with Crippen molar-refractivity contribution < 1.29 is 14.3 Å². The summed E-state index contributed by atoms with van der Waals surface area (Å²) >= 11 is 0. The Kier molecular flexibility index (Phi) is 6.77. The van der Waals surface area contributed by atoms with Crippen molar-refractivity contribution in [3.63, 3.8) is 0 Å². The van der Waals surface area contributed by atoms with E-state index in [9.17, 15) is 4.79 Å². The summed E-state index contributed by atoms with van der Waals surface area (Å²) in [5, 5.41) is 0. The molecular formula is C23H27NO3. The van der Waals surface area contributed by atoms with E-state index in [-0.39, 0.29) is 18.0 Å². The second-order valence-electron chi connectivity index (χ2n) is 6.87. The Bertz CT molecular complexity index is 716. The molecule has 4 nitrogen and oxygen atoms in total. The Hall–Kier alpha value is -2.46. The molecule has 1 aliphatic rings. The molecule has 4 heteroatoms. The average molecular weight is 365 g/mol. The van der Waals surface area contributed by atoms with Crippen molar-refractivity contribution in [2.24, 2.45) is 10.9 Å². The fourth-order valence-corrected chi connectivity index (χ4v) is 3.54. The molecule has 2 aromatic rings. The molecule has 1 heterocycles. The molecule has 2 aromatic carbocycles. The maximum absolute atomic E-state index is 12.8. The molecule has 0 aromatic heterocycles. The normalized spacial score (nSPS) is 20.5. The van der Waals surface area contributed by atoms with Gasteiger partial charge in [-0.15, -0.1) is 0 Å². The number of aliphatic imine (C=N–C) groups is 1. The van der Waals surface area contributed by atoms with Gasteiger partial charge in [0.25, 0.3) is 0 Å². The minimum absolute atomic E-state index is 0.121. The molecular weight excluding hydrogens is 338 g/mol. The van der Waals surface area contributed by atoms with Gasteiger partial charge < -0.3 is 9.47 Å². The Morgan fingerprint density at radius 2 is 1.70 bits per heavy atom. The average Bonchev–Trinajstić information content (AvgIpc) is 2.70. The van der Waals surface area contributed by atoms with E-state index in [1.807, 2.05) is 74.5 Å². The number of ether oxygens (including phenoxy) is 2. The minimum atomic E-state index is -0.522. The summed E-state index contributed by atoms with van der Waals surface area (Å²) < 4.78 is 11.0. The maximum atomic E-state index is 12.8. The summed E-state index contributed by atoms with van der Waals surface area (Å²) in [5.41, 5.74) is 2.82. The highest BCUT2D eigenvalue weighted by molar-refractivity contribution is 6.13. The number of benzene rings is 2. The van der Waals surface area contributed by atoms with Crippen LogP contribution in [0.25, 0.3) is 0 Å². The molecule has 0 N–H and O–H groups in total. The van der Waals surface area contributed by atoms with Crippen molar-refractivity contribution in [1.82, 2.24) is 0 Å². The van der Waals surface area contributed by atoms with E-state index in [2.05, 4.69) is 0 Å². The van der Waals surface area contributed by atoms with Crippen LogP contribution in [-0.2, 0) is 14.3 Å². The first-order chi connectivity index (χ1) is 13.2. The second-order valence-corrected chi connectivity index (χ2v) is 6.87. The van der Waals surface area contributed by atoms with E-state index in [4.69, 9.17) is 14.5 Å². The Morgan fingerprint density at radius 3 is 2.22 bits per heavy atom. The van der Waals surface area contributed by atoms with Crippen molar-refractivity contribution in [2.45, 2.75) is 38.8 Å². The van der Waals surface area contributed by atoms with Crippen LogP contribution >= 0.6 is 0 Å². The lowest BCUT2D eigenvalue weighted by Gasteiger charge is -2.30. The van der Waals surface area contributed by atoms with Crippen LogP contribution in [0.1, 0.15) is 37.8 Å². The van der Waals surface area contributed by atoms with E-state index in [1.54, 1.807) is 0 Å². The lowest BCUT2D eigenvalue weighted by atomic mass is 9.88. The molecule has 0 bridgehead atoms. The molecule has 1 fully saturated rings. The summed E-state index contributed by atoms with van der Waals surface area (Å²) in [4.78, 5) is 17.8. The van der Waals surface area contributed by atoms with E-state index >= 15 is 0 Å². The van der Waals surface area contributed by atoms with Crippen LogP contribution in [0.2, 0.25) is 0 Å². The molecule has 0 saturated carbocycles. The lowest BCUT2D eigenvalue weighted by Crippen LogP contribution is -2.37. The summed E-state index contributed by atoms with van der Waals surface area (Å²) in [6, 6.07) is 19.5. The molecule has 0 spiro atoms. The van der Waals surface area contributed by atoms with Gasteiger partial charge in [-0.25, -0.2) is 4.79 Å². The van der Waals surface area contributed by atoms with Crippen LogP contribution < -0.4 is 0 Å². The standard InChI is InChI=1S/C23H27NO3/c1-3-26-23(25)22(20-14-15-27-17(2)16-20)24-21(18-10-6-4-7-11-18)19-12-8-5-9-13-19/h4-13,17,20,22H,3,14-16H2,1-2H3. The molecule has 3 rings (SSSR count). The molecule has 1 aliphatic heterocycles. The van der Waals surface area contributed by atoms with Crippen molar-refractivity contribution in [2.75, 3.05) is 13.2 Å². The van der Waals surface area contributed by atoms with Gasteiger partial charge >= 0.3 is 5.97 Å². The van der Waals surface area contributed by atoms with Crippen molar-refractivity contribution in [3.05, 3.63) is 71.8 Å². The predicted octanol–water partition coefficient (Wildman–Crippen LogP) is 4.27. The Labute approximate surface area is 161 Å². The van der Waals surface area contributed by atoms with Gasteiger partial charge in [0, 0.05) is 17.7 Å². The van der Waals surface area contributed by atoms with Crippen LogP contribution in [0, 0.1) is 5.92 Å². The highest BCUT2D eigenvalue weighted by atomic mass is 16.5. The fourth-order valence-electron chi connectivity index (χ4n) is 3.54. The molecule has 3 atom stereocenters. The third-order valence-electron chi connectivity index (χ3n) is 4.86. The monoisotopic (exact) mass is 365 g/mol. The highest BCUT2D eigenvalue weighted by Gasteiger charge is 2.33. The van der Waals surface area contributed by atoms with E-state index < -0.39 is 6.04 Å². The van der Waals surface area contributed by atoms with E-state index in [0.717, 1.165) is 29.7 Å². The van der Waals surface area contributed by atoms with Crippen LogP contribution in [-0.4, -0.2) is 37.0 Å². The van der Waals surface area contributed by atoms with E-state index in [1.165, 1.54) is 0 Å². The van der Waals surface area contributed by atoms with Gasteiger partial charge in [-0.05, 0) is 32.6 Å². The maximum Gasteiger partial charge on any atom is 0.331 e. The summed E-state index contributed by atoms with van der Waals surface area (Å²) in [7, 11) is 0. The molecule has 0 radical (unpaired) electrons. The number of rotatable bonds is 6. The molecule has 1 saturated heterocycles. The summed E-state index contributed by atoms with van der Waals surface area (Å²) in [5.74, 6) is -0.129. The van der Waals surface area contributed by atoms with Crippen molar-refractivity contribution in [3.8, 4) is 0 Å². The van der Waals surface area contributed by atoms with Crippen LogP contribution in [0.3, 0.4) is 0 Å². The smallest absolute Gasteiger partial charge is 0.331 e. The van der Waals surface area contributed by atoms with Gasteiger partial charge in [0.05, 0.1) is 18.4 Å². The van der Waals surface area contributed by atoms with Gasteiger partial charge in [-0.3, -0.25) is 4.99 Å². The first-order valence-corrected chi connectivity index (χ1v) is 9.66. The van der Waals surface area contributed by atoms with Crippen LogP contribution in [0.4, 0.5) is 0 Å². The first kappa shape index (κ1) is 19.3. The molecule has 3 unspecified atom stereocenters. The number of carbonyl (C=O) groups is 1. The van der Waals surface area contributed by atoms with Crippen LogP contribution in [0.5, 0.6) is 0 Å². The van der Waals surface area contributed by atoms with Gasteiger partial charge in [0.15, 0.2) is 6.04 Å². The van der Waals surface area contributed by atoms with Gasteiger partial charge in [-0.1, -0.05) is 60.7 Å². The number of esters is 1. The first-order valence-electron chi connectivity index (χ1n) is 9.66. The Balaban J connectivity index is 2.03. The summed E-state index contributed by atoms with van der Waals surface area (Å²) in [6.45, 7) is 4.90. The van der Waals surface area contributed by atoms with Crippen molar-refractivity contribution >= 4 is 11.7 Å². The number of nitrogens with zero attached hydrogens (tertiary/aromatic N) is 1. The largest absolute Gasteiger partial charge is 0.464 e. The highest BCUT2D eigenvalue weighted by Crippen LogP contribution is 2.27.